The average molecular weight is 315 g/mol. The van der Waals surface area contributed by atoms with Gasteiger partial charge in [-0.25, -0.2) is 0 Å². The number of esters is 1. The molecule has 1 rings (SSSR count). The second kappa shape index (κ2) is 8.97. The molecule has 0 spiro atoms. The molecule has 0 aliphatic carbocycles. The zero-order valence-electron chi connectivity index (χ0n) is 10.7. The van der Waals surface area contributed by atoms with Gasteiger partial charge in [0.25, 0.3) is 0 Å². The fourth-order valence-electron chi connectivity index (χ4n) is 1.34. The van der Waals surface area contributed by atoms with Crippen LogP contribution in [0, 0.1) is 0 Å². The molecule has 0 fully saturated rings. The van der Waals surface area contributed by atoms with Crippen molar-refractivity contribution in [2.24, 2.45) is 0 Å². The predicted molar refractivity (Wildman–Crippen MR) is 74.7 cm³/mol. The molecule has 100 valence electrons. The van der Waals surface area contributed by atoms with Gasteiger partial charge >= 0.3 is 5.97 Å². The van der Waals surface area contributed by atoms with Crippen LogP contribution in [-0.2, 0) is 9.53 Å². The molecule has 1 aromatic rings. The van der Waals surface area contributed by atoms with Gasteiger partial charge in [-0.05, 0) is 37.1 Å². The molecule has 0 unspecified atom stereocenters. The molecule has 0 saturated heterocycles. The minimum Gasteiger partial charge on any atom is -0.494 e. The molecule has 0 aromatic heterocycles. The molecule has 4 heteroatoms. The number of benzene rings is 1. The average Bonchev–Trinajstić information content (AvgIpc) is 2.37. The van der Waals surface area contributed by atoms with E-state index in [4.69, 9.17) is 9.47 Å². The van der Waals surface area contributed by atoms with Crippen LogP contribution in [0.15, 0.2) is 28.7 Å². The van der Waals surface area contributed by atoms with Crippen molar-refractivity contribution in [3.63, 3.8) is 0 Å². The van der Waals surface area contributed by atoms with E-state index in [2.05, 4.69) is 22.9 Å². The summed E-state index contributed by atoms with van der Waals surface area (Å²) in [5, 5.41) is 0. The first kappa shape index (κ1) is 15.0. The van der Waals surface area contributed by atoms with Crippen LogP contribution in [0.25, 0.3) is 0 Å². The third-order valence-electron chi connectivity index (χ3n) is 2.37. The Balaban J connectivity index is 2.07. The molecule has 0 amide bonds. The summed E-state index contributed by atoms with van der Waals surface area (Å²) in [6, 6.07) is 7.63. The SMILES string of the molecule is CCCCOC(=O)CCCOc1ccc(Br)cc1. The minimum atomic E-state index is -0.136. The highest BCUT2D eigenvalue weighted by Gasteiger charge is 2.02. The molecular weight excluding hydrogens is 296 g/mol. The molecule has 3 nitrogen and oxygen atoms in total. The lowest BCUT2D eigenvalue weighted by molar-refractivity contribution is -0.144. The zero-order chi connectivity index (χ0) is 13.2. The maximum absolute atomic E-state index is 11.3. The smallest absolute Gasteiger partial charge is 0.305 e. The summed E-state index contributed by atoms with van der Waals surface area (Å²) in [7, 11) is 0. The number of rotatable bonds is 8. The molecule has 0 bridgehead atoms. The van der Waals surface area contributed by atoms with Gasteiger partial charge in [0.05, 0.1) is 13.2 Å². The third kappa shape index (κ3) is 6.64. The number of carbonyl (C=O) groups excluding carboxylic acids is 1. The van der Waals surface area contributed by atoms with E-state index >= 15 is 0 Å². The van der Waals surface area contributed by atoms with Crippen LogP contribution in [0.3, 0.4) is 0 Å². The molecule has 18 heavy (non-hydrogen) atoms. The zero-order valence-corrected chi connectivity index (χ0v) is 12.2. The fraction of sp³-hybridized carbons (Fsp3) is 0.500. The number of hydrogen-bond donors (Lipinski definition) is 0. The molecule has 0 aliphatic heterocycles. The predicted octanol–water partition coefficient (Wildman–Crippen LogP) is 3.95. The summed E-state index contributed by atoms with van der Waals surface area (Å²) in [6.45, 7) is 3.13. The van der Waals surface area contributed by atoms with Gasteiger partial charge in [0.15, 0.2) is 0 Å². The Kier molecular flexibility index (Phi) is 7.49. The van der Waals surface area contributed by atoms with Crippen LogP contribution in [0.1, 0.15) is 32.6 Å². The fourth-order valence-corrected chi connectivity index (χ4v) is 1.60. The number of unbranched alkanes of at least 4 members (excludes halogenated alkanes) is 1. The number of hydrogen-bond acceptors (Lipinski definition) is 3. The first-order chi connectivity index (χ1) is 8.72. The maximum atomic E-state index is 11.3. The van der Waals surface area contributed by atoms with E-state index in [1.54, 1.807) is 0 Å². The Bertz CT molecular complexity index is 349. The second-order valence-electron chi connectivity index (χ2n) is 3.98. The summed E-state index contributed by atoms with van der Waals surface area (Å²) < 4.78 is 11.6. The minimum absolute atomic E-state index is 0.136. The molecule has 0 N–H and O–H groups in total. The second-order valence-corrected chi connectivity index (χ2v) is 4.90. The van der Waals surface area contributed by atoms with Gasteiger partial charge in [0.2, 0.25) is 0 Å². The number of ether oxygens (including phenoxy) is 2. The Morgan fingerprint density at radius 3 is 2.56 bits per heavy atom. The lowest BCUT2D eigenvalue weighted by atomic mass is 10.3. The monoisotopic (exact) mass is 314 g/mol. The lowest BCUT2D eigenvalue weighted by Crippen LogP contribution is -2.08. The quantitative estimate of drug-likeness (QED) is 0.538. The van der Waals surface area contributed by atoms with Crippen molar-refractivity contribution in [1.29, 1.82) is 0 Å². The molecule has 0 radical (unpaired) electrons. The largest absolute Gasteiger partial charge is 0.494 e. The highest BCUT2D eigenvalue weighted by Crippen LogP contribution is 2.16. The molecular formula is C14H19BrO3. The van der Waals surface area contributed by atoms with E-state index in [9.17, 15) is 4.79 Å². The summed E-state index contributed by atoms with van der Waals surface area (Å²) in [5.41, 5.74) is 0. The first-order valence-electron chi connectivity index (χ1n) is 6.26. The van der Waals surface area contributed by atoms with Crippen LogP contribution in [0.2, 0.25) is 0 Å². The summed E-state index contributed by atoms with van der Waals surface area (Å²) in [5.74, 6) is 0.681. The molecule has 0 atom stereocenters. The van der Waals surface area contributed by atoms with Crippen LogP contribution >= 0.6 is 15.9 Å². The van der Waals surface area contributed by atoms with E-state index < -0.39 is 0 Å². The van der Waals surface area contributed by atoms with Crippen LogP contribution in [0.4, 0.5) is 0 Å². The van der Waals surface area contributed by atoms with Gasteiger partial charge in [-0.1, -0.05) is 29.3 Å². The van der Waals surface area contributed by atoms with Gasteiger partial charge in [-0.15, -0.1) is 0 Å². The molecule has 0 aliphatic rings. The van der Waals surface area contributed by atoms with E-state index in [-0.39, 0.29) is 5.97 Å². The Morgan fingerprint density at radius 1 is 1.17 bits per heavy atom. The van der Waals surface area contributed by atoms with E-state index in [1.807, 2.05) is 24.3 Å². The Morgan fingerprint density at radius 2 is 1.89 bits per heavy atom. The highest BCUT2D eigenvalue weighted by atomic mass is 79.9. The van der Waals surface area contributed by atoms with Crippen molar-refractivity contribution in [2.45, 2.75) is 32.6 Å². The first-order valence-corrected chi connectivity index (χ1v) is 7.05. The van der Waals surface area contributed by atoms with Crippen molar-refractivity contribution in [3.05, 3.63) is 28.7 Å². The van der Waals surface area contributed by atoms with Crippen LogP contribution in [0.5, 0.6) is 5.75 Å². The van der Waals surface area contributed by atoms with Gasteiger partial charge in [-0.2, -0.15) is 0 Å². The summed E-state index contributed by atoms with van der Waals surface area (Å²) in [4.78, 5) is 11.3. The number of halogens is 1. The number of carbonyl (C=O) groups is 1. The van der Waals surface area contributed by atoms with Gasteiger partial charge in [0.1, 0.15) is 5.75 Å². The Labute approximate surface area is 117 Å². The maximum Gasteiger partial charge on any atom is 0.305 e. The summed E-state index contributed by atoms with van der Waals surface area (Å²) >= 11 is 3.36. The van der Waals surface area contributed by atoms with E-state index in [1.165, 1.54) is 0 Å². The van der Waals surface area contributed by atoms with Gasteiger partial charge < -0.3 is 9.47 Å². The van der Waals surface area contributed by atoms with Crippen molar-refractivity contribution in [1.82, 2.24) is 0 Å². The topological polar surface area (TPSA) is 35.5 Å². The van der Waals surface area contributed by atoms with E-state index in [0.29, 0.717) is 26.1 Å². The van der Waals surface area contributed by atoms with Crippen molar-refractivity contribution < 1.29 is 14.3 Å². The van der Waals surface area contributed by atoms with Crippen LogP contribution < -0.4 is 4.74 Å². The molecule has 0 saturated carbocycles. The molecule has 1 aromatic carbocycles. The van der Waals surface area contributed by atoms with E-state index in [0.717, 1.165) is 23.1 Å². The van der Waals surface area contributed by atoms with Crippen molar-refractivity contribution >= 4 is 21.9 Å². The molecule has 0 heterocycles. The normalized spacial score (nSPS) is 10.1. The van der Waals surface area contributed by atoms with Gasteiger partial charge in [-0.3, -0.25) is 4.79 Å². The summed E-state index contributed by atoms with van der Waals surface area (Å²) in [6.07, 6.45) is 3.07. The third-order valence-corrected chi connectivity index (χ3v) is 2.90. The standard InChI is InChI=1S/C14H19BrO3/c1-2-3-10-18-14(16)5-4-11-17-13-8-6-12(15)7-9-13/h6-9H,2-5,10-11H2,1H3. The lowest BCUT2D eigenvalue weighted by Gasteiger charge is -2.06. The van der Waals surface area contributed by atoms with Gasteiger partial charge in [0, 0.05) is 10.9 Å². The van der Waals surface area contributed by atoms with Crippen molar-refractivity contribution in [3.8, 4) is 5.75 Å². The Hall–Kier alpha value is -1.03. The van der Waals surface area contributed by atoms with Crippen molar-refractivity contribution in [2.75, 3.05) is 13.2 Å². The van der Waals surface area contributed by atoms with Crippen LogP contribution in [-0.4, -0.2) is 19.2 Å². The highest BCUT2D eigenvalue weighted by molar-refractivity contribution is 9.10.